The zero-order chi connectivity index (χ0) is 20.1. The van der Waals surface area contributed by atoms with Crippen LogP contribution in [-0.2, 0) is 6.54 Å². The molecule has 1 aromatic carbocycles. The van der Waals surface area contributed by atoms with Crippen molar-refractivity contribution in [2.24, 2.45) is 5.16 Å². The number of aromatic nitrogens is 1. The number of hydrogen-bond acceptors (Lipinski definition) is 5. The van der Waals surface area contributed by atoms with Crippen molar-refractivity contribution in [3.63, 3.8) is 0 Å². The molecule has 0 fully saturated rings. The number of rotatable bonds is 6. The van der Waals surface area contributed by atoms with E-state index in [2.05, 4.69) is 30.1 Å². The second-order valence-electron chi connectivity index (χ2n) is 7.08. The Hall–Kier alpha value is -3.28. The van der Waals surface area contributed by atoms with Crippen molar-refractivity contribution < 1.29 is 14.4 Å². The minimum absolute atomic E-state index is 0.396. The first-order chi connectivity index (χ1) is 13.5. The number of furan rings is 1. The van der Waals surface area contributed by atoms with Crippen molar-refractivity contribution >= 4 is 5.84 Å². The van der Waals surface area contributed by atoms with Crippen LogP contribution in [0.1, 0.15) is 42.2 Å². The fourth-order valence-electron chi connectivity index (χ4n) is 2.93. The lowest BCUT2D eigenvalue weighted by atomic mass is 10.0. The first kappa shape index (κ1) is 19.5. The molecule has 0 unspecified atom stereocenters. The lowest BCUT2D eigenvalue weighted by Crippen LogP contribution is -2.27. The zero-order valence-electron chi connectivity index (χ0n) is 16.6. The van der Waals surface area contributed by atoms with Crippen LogP contribution in [0.5, 0.6) is 11.6 Å². The van der Waals surface area contributed by atoms with E-state index in [-0.39, 0.29) is 0 Å². The Balaban J connectivity index is 1.74. The van der Waals surface area contributed by atoms with Gasteiger partial charge in [-0.25, -0.2) is 4.98 Å². The molecule has 2 aromatic heterocycles. The quantitative estimate of drug-likeness (QED) is 0.277. The highest BCUT2D eigenvalue weighted by molar-refractivity contribution is 5.97. The molecule has 28 heavy (non-hydrogen) atoms. The molecule has 0 aliphatic rings. The molecule has 3 rings (SSSR count). The standard InChI is InChI=1S/C22H25N3O3/c1-15(2)18-10-16(3)11-20(12-18)28-21-8-7-17(13-23-21)22(24-26)25(4)14-19-6-5-9-27-19/h5-13,15,26H,14H2,1-4H3/b24-22-. The molecule has 0 atom stereocenters. The van der Waals surface area contributed by atoms with Crippen molar-refractivity contribution in [1.29, 1.82) is 0 Å². The van der Waals surface area contributed by atoms with Gasteiger partial charge in [-0.05, 0) is 54.3 Å². The summed E-state index contributed by atoms with van der Waals surface area (Å²) in [7, 11) is 1.82. The Morgan fingerprint density at radius 1 is 1.25 bits per heavy atom. The Bertz CT molecular complexity index is 932. The summed E-state index contributed by atoms with van der Waals surface area (Å²) in [5, 5.41) is 12.9. The number of oxime groups is 1. The van der Waals surface area contributed by atoms with E-state index in [1.807, 2.05) is 44.3 Å². The molecular weight excluding hydrogens is 354 g/mol. The number of benzene rings is 1. The predicted molar refractivity (Wildman–Crippen MR) is 108 cm³/mol. The maximum atomic E-state index is 9.45. The van der Waals surface area contributed by atoms with Crippen LogP contribution in [0.15, 0.2) is 64.5 Å². The smallest absolute Gasteiger partial charge is 0.219 e. The van der Waals surface area contributed by atoms with Crippen molar-refractivity contribution in [2.75, 3.05) is 7.05 Å². The number of pyridine rings is 1. The molecule has 146 valence electrons. The second-order valence-corrected chi connectivity index (χ2v) is 7.08. The van der Waals surface area contributed by atoms with Gasteiger partial charge in [0, 0.05) is 24.9 Å². The van der Waals surface area contributed by atoms with Crippen LogP contribution in [0.2, 0.25) is 0 Å². The minimum Gasteiger partial charge on any atom is -0.467 e. The predicted octanol–water partition coefficient (Wildman–Crippen LogP) is 5.17. The molecule has 3 aromatic rings. The molecular formula is C22H25N3O3. The van der Waals surface area contributed by atoms with Crippen molar-refractivity contribution in [1.82, 2.24) is 9.88 Å². The Morgan fingerprint density at radius 2 is 2.07 bits per heavy atom. The third-order valence-corrected chi connectivity index (χ3v) is 4.39. The van der Waals surface area contributed by atoms with E-state index < -0.39 is 0 Å². The van der Waals surface area contributed by atoms with Crippen LogP contribution in [0.25, 0.3) is 0 Å². The second kappa shape index (κ2) is 8.61. The summed E-state index contributed by atoms with van der Waals surface area (Å²) in [5.74, 6) is 2.83. The molecule has 0 bridgehead atoms. The molecule has 0 amide bonds. The Labute approximate surface area is 165 Å². The van der Waals surface area contributed by atoms with Gasteiger partial charge in [0.1, 0.15) is 11.5 Å². The summed E-state index contributed by atoms with van der Waals surface area (Å²) in [5.41, 5.74) is 3.05. The number of nitrogens with zero attached hydrogens (tertiary/aromatic N) is 3. The van der Waals surface area contributed by atoms with Crippen LogP contribution < -0.4 is 4.74 Å². The highest BCUT2D eigenvalue weighted by Crippen LogP contribution is 2.26. The first-order valence-corrected chi connectivity index (χ1v) is 9.17. The average molecular weight is 379 g/mol. The lowest BCUT2D eigenvalue weighted by molar-refractivity contribution is 0.302. The van der Waals surface area contributed by atoms with E-state index in [9.17, 15) is 5.21 Å². The van der Waals surface area contributed by atoms with Gasteiger partial charge in [-0.3, -0.25) is 0 Å². The van der Waals surface area contributed by atoms with E-state index >= 15 is 0 Å². The molecule has 0 aliphatic carbocycles. The summed E-state index contributed by atoms with van der Waals surface area (Å²) < 4.78 is 11.3. The largest absolute Gasteiger partial charge is 0.467 e. The van der Waals surface area contributed by atoms with Gasteiger partial charge in [0.25, 0.3) is 0 Å². The van der Waals surface area contributed by atoms with E-state index in [1.165, 1.54) is 5.56 Å². The van der Waals surface area contributed by atoms with Gasteiger partial charge in [-0.2, -0.15) is 0 Å². The van der Waals surface area contributed by atoms with Crippen LogP contribution in [0.3, 0.4) is 0 Å². The van der Waals surface area contributed by atoms with Gasteiger partial charge in [0.05, 0.1) is 12.8 Å². The number of hydrogen-bond donors (Lipinski definition) is 1. The third kappa shape index (κ3) is 4.71. The molecule has 0 radical (unpaired) electrons. The highest BCUT2D eigenvalue weighted by atomic mass is 16.5. The van der Waals surface area contributed by atoms with Crippen molar-refractivity contribution in [3.05, 3.63) is 77.4 Å². The van der Waals surface area contributed by atoms with Gasteiger partial charge in [0.15, 0.2) is 5.84 Å². The molecule has 0 saturated carbocycles. The summed E-state index contributed by atoms with van der Waals surface area (Å²) in [6.45, 7) is 6.83. The van der Waals surface area contributed by atoms with Crippen LogP contribution in [0, 0.1) is 6.92 Å². The maximum Gasteiger partial charge on any atom is 0.219 e. The van der Waals surface area contributed by atoms with Crippen LogP contribution in [-0.4, -0.2) is 28.0 Å². The summed E-state index contributed by atoms with van der Waals surface area (Å²) >= 11 is 0. The summed E-state index contributed by atoms with van der Waals surface area (Å²) in [6, 6.07) is 13.4. The van der Waals surface area contributed by atoms with Gasteiger partial charge in [0.2, 0.25) is 5.88 Å². The SMILES string of the molecule is Cc1cc(Oc2ccc(/C(=N/O)N(C)Cc3ccco3)cn2)cc(C(C)C)c1. The van der Waals surface area contributed by atoms with E-state index in [0.717, 1.165) is 17.1 Å². The van der Waals surface area contributed by atoms with E-state index in [1.54, 1.807) is 23.4 Å². The molecule has 6 heteroatoms. The van der Waals surface area contributed by atoms with Crippen molar-refractivity contribution in [3.8, 4) is 11.6 Å². The third-order valence-electron chi connectivity index (χ3n) is 4.39. The molecule has 0 saturated heterocycles. The van der Waals surface area contributed by atoms with Gasteiger partial charge in [-0.1, -0.05) is 25.1 Å². The topological polar surface area (TPSA) is 71.1 Å². The highest BCUT2D eigenvalue weighted by Gasteiger charge is 2.13. The van der Waals surface area contributed by atoms with Gasteiger partial charge in [-0.15, -0.1) is 0 Å². The number of amidine groups is 1. The molecule has 0 aliphatic heterocycles. The Kier molecular flexibility index (Phi) is 5.99. The Morgan fingerprint density at radius 3 is 2.68 bits per heavy atom. The van der Waals surface area contributed by atoms with Crippen LogP contribution in [0.4, 0.5) is 0 Å². The van der Waals surface area contributed by atoms with Gasteiger partial charge >= 0.3 is 0 Å². The fourth-order valence-corrected chi connectivity index (χ4v) is 2.93. The zero-order valence-corrected chi connectivity index (χ0v) is 16.6. The van der Waals surface area contributed by atoms with E-state index in [0.29, 0.717) is 29.7 Å². The summed E-state index contributed by atoms with van der Waals surface area (Å²) in [4.78, 5) is 6.15. The molecule has 2 heterocycles. The average Bonchev–Trinajstić information content (AvgIpc) is 3.16. The fraction of sp³-hybridized carbons (Fsp3) is 0.273. The normalized spacial score (nSPS) is 11.7. The maximum absolute atomic E-state index is 9.45. The monoisotopic (exact) mass is 379 g/mol. The molecule has 6 nitrogen and oxygen atoms in total. The minimum atomic E-state index is 0.396. The van der Waals surface area contributed by atoms with Gasteiger partial charge < -0.3 is 19.3 Å². The molecule has 1 N–H and O–H groups in total. The summed E-state index contributed by atoms with van der Waals surface area (Å²) in [6.07, 6.45) is 3.24. The lowest BCUT2D eigenvalue weighted by Gasteiger charge is -2.18. The first-order valence-electron chi connectivity index (χ1n) is 9.17. The number of ether oxygens (including phenoxy) is 1. The van der Waals surface area contributed by atoms with Crippen LogP contribution >= 0.6 is 0 Å². The molecule has 0 spiro atoms. The van der Waals surface area contributed by atoms with Crippen molar-refractivity contribution in [2.45, 2.75) is 33.2 Å². The number of aryl methyl sites for hydroxylation is 1. The van der Waals surface area contributed by atoms with E-state index in [4.69, 9.17) is 9.15 Å².